The number of rotatable bonds is 3. The Kier molecular flexibility index (Phi) is 3.29. The summed E-state index contributed by atoms with van der Waals surface area (Å²) in [6, 6.07) is 2.04. The van der Waals surface area contributed by atoms with Crippen molar-refractivity contribution in [2.45, 2.75) is 32.1 Å². The van der Waals surface area contributed by atoms with Gasteiger partial charge >= 0.3 is 0 Å². The lowest BCUT2D eigenvalue weighted by Crippen LogP contribution is -2.00. The van der Waals surface area contributed by atoms with Gasteiger partial charge in [0.2, 0.25) is 5.78 Å². The van der Waals surface area contributed by atoms with Crippen LogP contribution in [0.15, 0.2) is 18.5 Å². The van der Waals surface area contributed by atoms with Crippen LogP contribution in [-0.4, -0.2) is 29.4 Å². The van der Waals surface area contributed by atoms with Gasteiger partial charge < -0.3 is 0 Å². The number of fused-ring (bicyclic) bond motifs is 1. The van der Waals surface area contributed by atoms with Crippen molar-refractivity contribution in [2.24, 2.45) is 0 Å². The molecule has 3 heterocycles. The fourth-order valence-corrected chi connectivity index (χ4v) is 2.34. The van der Waals surface area contributed by atoms with Crippen molar-refractivity contribution in [3.8, 4) is 0 Å². The van der Waals surface area contributed by atoms with Gasteiger partial charge in [-0.05, 0) is 26.8 Å². The van der Waals surface area contributed by atoms with E-state index in [0.717, 1.165) is 28.6 Å². The van der Waals surface area contributed by atoms with Gasteiger partial charge in [0.05, 0.1) is 29.0 Å². The molecule has 3 aromatic rings. The summed E-state index contributed by atoms with van der Waals surface area (Å²) in [5, 5.41) is 8.22. The predicted octanol–water partition coefficient (Wildman–Crippen LogP) is 2.44. The van der Waals surface area contributed by atoms with Gasteiger partial charge in [-0.3, -0.25) is 4.40 Å². The Morgan fingerprint density at radius 2 is 2.05 bits per heavy atom. The Balaban J connectivity index is 1.92. The van der Waals surface area contributed by atoms with E-state index in [2.05, 4.69) is 36.2 Å². The first-order valence-corrected chi connectivity index (χ1v) is 7.31. The molecule has 7 heteroatoms. The molecule has 3 rings (SSSR count). The number of imidazole rings is 1. The van der Waals surface area contributed by atoms with Crippen LogP contribution in [0, 0.1) is 13.8 Å². The molecule has 0 aliphatic heterocycles. The molecule has 0 aromatic carbocycles. The first-order valence-electron chi connectivity index (χ1n) is 6.39. The minimum Gasteiger partial charge on any atom is -0.288 e. The lowest BCUT2D eigenvalue weighted by Gasteiger charge is -1.98. The zero-order valence-electron chi connectivity index (χ0n) is 11.6. The second-order valence-corrected chi connectivity index (χ2v) is 6.27. The molecular weight excluding hydrogens is 320 g/mol. The maximum atomic E-state index is 4.54. The maximum Gasteiger partial charge on any atom is 0.234 e. The van der Waals surface area contributed by atoms with Crippen molar-refractivity contribution in [1.29, 1.82) is 0 Å². The lowest BCUT2D eigenvalue weighted by molar-refractivity contribution is 0.640. The van der Waals surface area contributed by atoms with E-state index in [4.69, 9.17) is 0 Å². The van der Waals surface area contributed by atoms with E-state index in [1.807, 2.05) is 43.6 Å². The third-order valence-electron chi connectivity index (χ3n) is 3.10. The molecule has 0 saturated heterocycles. The summed E-state index contributed by atoms with van der Waals surface area (Å²) in [5.74, 6) is 0.728. The van der Waals surface area contributed by atoms with Crippen LogP contribution in [0.4, 0.5) is 0 Å². The smallest absolute Gasteiger partial charge is 0.234 e. The summed E-state index contributed by atoms with van der Waals surface area (Å²) >= 11 is 3.48. The number of hydrogen-bond acceptors (Lipinski definition) is 4. The molecule has 20 heavy (non-hydrogen) atoms. The maximum absolute atomic E-state index is 4.54. The second-order valence-electron chi connectivity index (χ2n) is 4.90. The molecule has 0 spiro atoms. The highest BCUT2D eigenvalue weighted by atomic mass is 79.9. The normalized spacial score (nSPS) is 13.0. The fourth-order valence-electron chi connectivity index (χ4n) is 2.13. The number of nitrogens with zero attached hydrogens (tertiary/aromatic N) is 6. The molecule has 104 valence electrons. The van der Waals surface area contributed by atoms with Crippen molar-refractivity contribution in [3.05, 3.63) is 41.2 Å². The van der Waals surface area contributed by atoms with Gasteiger partial charge in [-0.2, -0.15) is 0 Å². The molecule has 6 nitrogen and oxygen atoms in total. The molecule has 0 bridgehead atoms. The van der Waals surface area contributed by atoms with E-state index in [1.165, 1.54) is 0 Å². The van der Waals surface area contributed by atoms with Gasteiger partial charge in [-0.15, -0.1) is 5.10 Å². The van der Waals surface area contributed by atoms with Gasteiger partial charge in [0, 0.05) is 17.6 Å². The van der Waals surface area contributed by atoms with Gasteiger partial charge in [-0.25, -0.2) is 14.6 Å². The first-order chi connectivity index (χ1) is 9.52. The fraction of sp³-hybridized carbons (Fsp3) is 0.385. The van der Waals surface area contributed by atoms with E-state index < -0.39 is 0 Å². The quantitative estimate of drug-likeness (QED) is 0.690. The van der Waals surface area contributed by atoms with Gasteiger partial charge in [0.25, 0.3) is 0 Å². The Hall–Kier alpha value is -1.76. The predicted molar refractivity (Wildman–Crippen MR) is 78.9 cm³/mol. The average molecular weight is 335 g/mol. The van der Waals surface area contributed by atoms with Crippen LogP contribution in [0.1, 0.15) is 34.5 Å². The van der Waals surface area contributed by atoms with Crippen LogP contribution in [-0.2, 0) is 6.54 Å². The summed E-state index contributed by atoms with van der Waals surface area (Å²) < 4.78 is 3.78. The molecule has 0 fully saturated rings. The van der Waals surface area contributed by atoms with Crippen molar-refractivity contribution < 1.29 is 0 Å². The van der Waals surface area contributed by atoms with Crippen LogP contribution < -0.4 is 0 Å². The largest absolute Gasteiger partial charge is 0.288 e. The minimum atomic E-state index is 0.198. The van der Waals surface area contributed by atoms with E-state index in [-0.39, 0.29) is 4.83 Å². The number of aryl methyl sites for hydroxylation is 2. The highest BCUT2D eigenvalue weighted by molar-refractivity contribution is 9.09. The second kappa shape index (κ2) is 4.97. The molecular formula is C13H15BrN6. The zero-order chi connectivity index (χ0) is 14.3. The monoisotopic (exact) mass is 334 g/mol. The zero-order valence-corrected chi connectivity index (χ0v) is 13.2. The van der Waals surface area contributed by atoms with Crippen LogP contribution in [0.2, 0.25) is 0 Å². The summed E-state index contributed by atoms with van der Waals surface area (Å²) in [7, 11) is 0. The molecule has 1 unspecified atom stereocenters. The van der Waals surface area contributed by atoms with E-state index in [1.54, 1.807) is 4.68 Å². The van der Waals surface area contributed by atoms with Crippen LogP contribution in [0.3, 0.4) is 0 Å². The molecule has 0 amide bonds. The molecule has 0 radical (unpaired) electrons. The average Bonchev–Trinajstić information content (AvgIpc) is 2.96. The van der Waals surface area contributed by atoms with Gasteiger partial charge in [-0.1, -0.05) is 21.1 Å². The molecule has 0 N–H and O–H groups in total. The highest BCUT2D eigenvalue weighted by Crippen LogP contribution is 2.18. The van der Waals surface area contributed by atoms with Gasteiger partial charge in [0.1, 0.15) is 0 Å². The number of aromatic nitrogens is 6. The van der Waals surface area contributed by atoms with Crippen molar-refractivity contribution in [2.75, 3.05) is 0 Å². The van der Waals surface area contributed by atoms with Crippen molar-refractivity contribution >= 4 is 21.7 Å². The Morgan fingerprint density at radius 3 is 2.75 bits per heavy atom. The number of halogens is 1. The van der Waals surface area contributed by atoms with Crippen molar-refractivity contribution in [3.63, 3.8) is 0 Å². The Morgan fingerprint density at radius 1 is 1.25 bits per heavy atom. The van der Waals surface area contributed by atoms with Crippen LogP contribution >= 0.6 is 15.9 Å². The summed E-state index contributed by atoms with van der Waals surface area (Å²) in [4.78, 5) is 9.16. The summed E-state index contributed by atoms with van der Waals surface area (Å²) in [6.07, 6.45) is 3.92. The summed E-state index contributed by atoms with van der Waals surface area (Å²) in [5.41, 5.74) is 3.94. The molecule has 3 aromatic heterocycles. The lowest BCUT2D eigenvalue weighted by atomic mass is 10.3. The standard InChI is InChI=1S/C13H15BrN6/c1-8-4-9(2)20-6-11(16-13(20)15-8)5-19-7-12(10(3)14)17-18-19/h4,6-7,10H,5H2,1-3H3. The Labute approximate surface area is 125 Å². The third-order valence-corrected chi connectivity index (χ3v) is 3.57. The SMILES string of the molecule is Cc1cc(C)n2cc(Cn3cc(C(C)Br)nn3)nc2n1. The van der Waals surface area contributed by atoms with Crippen LogP contribution in [0.25, 0.3) is 5.78 Å². The third kappa shape index (κ3) is 2.45. The summed E-state index contributed by atoms with van der Waals surface area (Å²) in [6.45, 7) is 6.64. The topological polar surface area (TPSA) is 60.9 Å². The van der Waals surface area contributed by atoms with Gasteiger partial charge in [0.15, 0.2) is 0 Å². The highest BCUT2D eigenvalue weighted by Gasteiger charge is 2.09. The molecule has 0 aliphatic carbocycles. The first kappa shape index (κ1) is 13.2. The number of alkyl halides is 1. The molecule has 0 aliphatic rings. The minimum absolute atomic E-state index is 0.198. The van der Waals surface area contributed by atoms with Crippen molar-refractivity contribution in [1.82, 2.24) is 29.4 Å². The van der Waals surface area contributed by atoms with E-state index >= 15 is 0 Å². The van der Waals surface area contributed by atoms with E-state index in [9.17, 15) is 0 Å². The molecule has 1 atom stereocenters. The Bertz CT molecular complexity index is 757. The van der Waals surface area contributed by atoms with Crippen LogP contribution in [0.5, 0.6) is 0 Å². The molecule has 0 saturated carbocycles. The van der Waals surface area contributed by atoms with E-state index in [0.29, 0.717) is 6.54 Å². The number of hydrogen-bond donors (Lipinski definition) is 0.